The fourth-order valence-electron chi connectivity index (χ4n) is 1.88. The number of benzene rings is 2. The molecule has 2 N–H and O–H groups in total. The maximum atomic E-state index is 13.2. The van der Waals surface area contributed by atoms with Crippen LogP contribution < -0.4 is 5.73 Å². The average Bonchev–Trinajstić information content (AvgIpc) is 2.40. The fraction of sp³-hybridized carbons (Fsp3) is 0.143. The lowest BCUT2D eigenvalue weighted by atomic mass is 9.97. The SMILES string of the molecule is NCc1cc(C(F)(F)F)ccc1-c1ccc(F)c(F)c1. The van der Waals surface area contributed by atoms with Gasteiger partial charge in [0.1, 0.15) is 0 Å². The molecule has 0 bridgehead atoms. The largest absolute Gasteiger partial charge is 0.416 e. The second-order valence-corrected chi connectivity index (χ2v) is 4.20. The highest BCUT2D eigenvalue weighted by molar-refractivity contribution is 5.68. The predicted molar refractivity (Wildman–Crippen MR) is 64.7 cm³/mol. The topological polar surface area (TPSA) is 26.0 Å². The smallest absolute Gasteiger partial charge is 0.326 e. The first kappa shape index (κ1) is 14.5. The third-order valence-corrected chi connectivity index (χ3v) is 2.88. The molecule has 2 rings (SSSR count). The van der Waals surface area contributed by atoms with E-state index in [0.29, 0.717) is 5.56 Å². The molecule has 106 valence electrons. The summed E-state index contributed by atoms with van der Waals surface area (Å²) in [6.45, 7) is -0.141. The maximum Gasteiger partial charge on any atom is 0.416 e. The van der Waals surface area contributed by atoms with Gasteiger partial charge in [-0.25, -0.2) is 8.78 Å². The van der Waals surface area contributed by atoms with E-state index < -0.39 is 23.4 Å². The molecule has 0 aliphatic heterocycles. The summed E-state index contributed by atoms with van der Waals surface area (Å²) in [5, 5.41) is 0. The Morgan fingerprint density at radius 3 is 2.15 bits per heavy atom. The summed E-state index contributed by atoms with van der Waals surface area (Å²) >= 11 is 0. The Kier molecular flexibility index (Phi) is 3.76. The van der Waals surface area contributed by atoms with E-state index in [-0.39, 0.29) is 17.7 Å². The van der Waals surface area contributed by atoms with Crippen LogP contribution in [0.5, 0.6) is 0 Å². The lowest BCUT2D eigenvalue weighted by Gasteiger charge is -2.13. The van der Waals surface area contributed by atoms with Crippen LogP contribution in [0.25, 0.3) is 11.1 Å². The number of nitrogens with two attached hydrogens (primary N) is 1. The van der Waals surface area contributed by atoms with E-state index in [4.69, 9.17) is 5.73 Å². The highest BCUT2D eigenvalue weighted by atomic mass is 19.4. The molecule has 2 aromatic rings. The number of hydrogen-bond donors (Lipinski definition) is 1. The van der Waals surface area contributed by atoms with Gasteiger partial charge in [0.05, 0.1) is 5.56 Å². The zero-order valence-corrected chi connectivity index (χ0v) is 10.1. The summed E-state index contributed by atoms with van der Waals surface area (Å²) in [4.78, 5) is 0. The van der Waals surface area contributed by atoms with Crippen molar-refractivity contribution in [3.05, 3.63) is 59.2 Å². The van der Waals surface area contributed by atoms with Crippen molar-refractivity contribution in [2.45, 2.75) is 12.7 Å². The van der Waals surface area contributed by atoms with Crippen molar-refractivity contribution in [3.8, 4) is 11.1 Å². The first-order chi connectivity index (χ1) is 9.32. The van der Waals surface area contributed by atoms with Gasteiger partial charge in [-0.05, 0) is 41.0 Å². The molecule has 0 saturated heterocycles. The second kappa shape index (κ2) is 5.20. The third-order valence-electron chi connectivity index (χ3n) is 2.88. The van der Waals surface area contributed by atoms with Gasteiger partial charge in [0, 0.05) is 6.54 Å². The lowest BCUT2D eigenvalue weighted by Crippen LogP contribution is -2.08. The first-order valence-corrected chi connectivity index (χ1v) is 5.68. The molecule has 0 aromatic heterocycles. The van der Waals surface area contributed by atoms with E-state index in [9.17, 15) is 22.0 Å². The van der Waals surface area contributed by atoms with Crippen LogP contribution in [-0.4, -0.2) is 0 Å². The first-order valence-electron chi connectivity index (χ1n) is 5.68. The predicted octanol–water partition coefficient (Wildman–Crippen LogP) is 4.11. The van der Waals surface area contributed by atoms with Gasteiger partial charge in [0.15, 0.2) is 11.6 Å². The van der Waals surface area contributed by atoms with E-state index >= 15 is 0 Å². The quantitative estimate of drug-likeness (QED) is 0.826. The summed E-state index contributed by atoms with van der Waals surface area (Å²) in [5.74, 6) is -2.08. The van der Waals surface area contributed by atoms with Gasteiger partial charge in [-0.15, -0.1) is 0 Å². The average molecular weight is 287 g/mol. The van der Waals surface area contributed by atoms with Crippen molar-refractivity contribution < 1.29 is 22.0 Å². The van der Waals surface area contributed by atoms with E-state index in [1.165, 1.54) is 12.1 Å². The van der Waals surface area contributed by atoms with Gasteiger partial charge in [-0.3, -0.25) is 0 Å². The molecule has 0 heterocycles. The molecule has 0 spiro atoms. The number of rotatable bonds is 2. The Hall–Kier alpha value is -1.95. The Balaban J connectivity index is 2.54. The van der Waals surface area contributed by atoms with Gasteiger partial charge in [0.2, 0.25) is 0 Å². The minimum absolute atomic E-state index is 0.141. The summed E-state index contributed by atoms with van der Waals surface area (Å²) in [6.07, 6.45) is -4.48. The Bertz CT molecular complexity index is 634. The Morgan fingerprint density at radius 1 is 0.900 bits per heavy atom. The van der Waals surface area contributed by atoms with E-state index in [1.54, 1.807) is 0 Å². The molecule has 1 nitrogen and oxygen atoms in total. The molecule has 0 atom stereocenters. The zero-order valence-electron chi connectivity index (χ0n) is 10.1. The Morgan fingerprint density at radius 2 is 1.60 bits per heavy atom. The maximum absolute atomic E-state index is 13.2. The molecule has 0 fully saturated rings. The summed E-state index contributed by atoms with van der Waals surface area (Å²) in [6, 6.07) is 6.14. The Labute approximate surface area is 111 Å². The molecule has 0 unspecified atom stereocenters. The van der Waals surface area contributed by atoms with Crippen LogP contribution in [0.15, 0.2) is 36.4 Å². The normalized spacial score (nSPS) is 11.7. The van der Waals surface area contributed by atoms with Crippen LogP contribution >= 0.6 is 0 Å². The van der Waals surface area contributed by atoms with Gasteiger partial charge in [-0.2, -0.15) is 13.2 Å². The third kappa shape index (κ3) is 2.80. The van der Waals surface area contributed by atoms with E-state index in [1.807, 2.05) is 0 Å². The minimum Gasteiger partial charge on any atom is -0.326 e. The molecule has 0 saturated carbocycles. The van der Waals surface area contributed by atoms with Crippen molar-refractivity contribution in [1.82, 2.24) is 0 Å². The number of hydrogen-bond acceptors (Lipinski definition) is 1. The molecule has 0 amide bonds. The van der Waals surface area contributed by atoms with Crippen molar-refractivity contribution in [2.24, 2.45) is 5.73 Å². The van der Waals surface area contributed by atoms with Gasteiger partial charge in [0.25, 0.3) is 0 Å². The molecular formula is C14H10F5N. The summed E-state index contributed by atoms with van der Waals surface area (Å²) in [7, 11) is 0. The molecule has 0 aliphatic rings. The van der Waals surface area contributed by atoms with Crippen LogP contribution in [0.3, 0.4) is 0 Å². The molecule has 20 heavy (non-hydrogen) atoms. The lowest BCUT2D eigenvalue weighted by molar-refractivity contribution is -0.137. The van der Waals surface area contributed by atoms with Crippen LogP contribution in [0.4, 0.5) is 22.0 Å². The second-order valence-electron chi connectivity index (χ2n) is 4.20. The molecule has 0 aliphatic carbocycles. The van der Waals surface area contributed by atoms with Crippen LogP contribution in [0, 0.1) is 11.6 Å². The zero-order chi connectivity index (χ0) is 14.9. The van der Waals surface area contributed by atoms with E-state index in [0.717, 1.165) is 24.3 Å². The number of halogens is 5. The fourth-order valence-corrected chi connectivity index (χ4v) is 1.88. The van der Waals surface area contributed by atoms with Crippen LogP contribution in [-0.2, 0) is 12.7 Å². The minimum atomic E-state index is -4.48. The van der Waals surface area contributed by atoms with Crippen LogP contribution in [0.1, 0.15) is 11.1 Å². The van der Waals surface area contributed by atoms with Gasteiger partial charge < -0.3 is 5.73 Å². The molecule has 2 aromatic carbocycles. The highest BCUT2D eigenvalue weighted by Crippen LogP contribution is 2.33. The van der Waals surface area contributed by atoms with Gasteiger partial charge in [-0.1, -0.05) is 12.1 Å². The van der Waals surface area contributed by atoms with Gasteiger partial charge >= 0.3 is 6.18 Å². The monoisotopic (exact) mass is 287 g/mol. The van der Waals surface area contributed by atoms with E-state index in [2.05, 4.69) is 0 Å². The highest BCUT2D eigenvalue weighted by Gasteiger charge is 2.30. The summed E-state index contributed by atoms with van der Waals surface area (Å²) in [5.41, 5.74) is 5.44. The number of alkyl halides is 3. The van der Waals surface area contributed by atoms with Crippen LogP contribution in [0.2, 0.25) is 0 Å². The molecule has 6 heteroatoms. The summed E-state index contributed by atoms with van der Waals surface area (Å²) < 4.78 is 63.9. The van der Waals surface area contributed by atoms with Crippen molar-refractivity contribution >= 4 is 0 Å². The molecular weight excluding hydrogens is 277 g/mol. The standard InChI is InChI=1S/C14H10F5N/c15-12-4-1-8(6-13(12)16)11-3-2-10(14(17,18)19)5-9(11)7-20/h1-6H,7,20H2. The van der Waals surface area contributed by atoms with Crippen molar-refractivity contribution in [2.75, 3.05) is 0 Å². The van der Waals surface area contributed by atoms with Crippen molar-refractivity contribution in [3.63, 3.8) is 0 Å². The molecule has 0 radical (unpaired) electrons. The van der Waals surface area contributed by atoms with Crippen molar-refractivity contribution in [1.29, 1.82) is 0 Å².